The minimum Gasteiger partial charge on any atom is -0.486 e. The standard InChI is InChI=1S/C16H13FN2O2/c17-12-2-4-13(5-3-12)19-14(10-18)11-1-6-15-16(9-11)21-8-7-20-15/h1-6,9,14,19H,7-8H2. The summed E-state index contributed by atoms with van der Waals surface area (Å²) in [7, 11) is 0. The van der Waals surface area contributed by atoms with Gasteiger partial charge in [0, 0.05) is 5.69 Å². The number of ether oxygens (including phenoxy) is 2. The van der Waals surface area contributed by atoms with Crippen molar-refractivity contribution in [3.05, 3.63) is 53.8 Å². The monoisotopic (exact) mass is 284 g/mol. The van der Waals surface area contributed by atoms with Gasteiger partial charge in [0.05, 0.1) is 6.07 Å². The van der Waals surface area contributed by atoms with Crippen LogP contribution >= 0.6 is 0 Å². The summed E-state index contributed by atoms with van der Waals surface area (Å²) in [6.07, 6.45) is 0. The second kappa shape index (κ2) is 5.71. The topological polar surface area (TPSA) is 54.3 Å². The molecule has 2 aromatic rings. The van der Waals surface area contributed by atoms with Gasteiger partial charge in [-0.3, -0.25) is 0 Å². The molecule has 1 atom stereocenters. The molecule has 106 valence electrons. The first-order valence-electron chi connectivity index (χ1n) is 6.57. The Labute approximate surface area is 121 Å². The summed E-state index contributed by atoms with van der Waals surface area (Å²) in [6.45, 7) is 1.03. The summed E-state index contributed by atoms with van der Waals surface area (Å²) >= 11 is 0. The van der Waals surface area contributed by atoms with Gasteiger partial charge >= 0.3 is 0 Å². The van der Waals surface area contributed by atoms with Gasteiger partial charge in [0.25, 0.3) is 0 Å². The summed E-state index contributed by atoms with van der Waals surface area (Å²) in [6, 6.07) is 12.9. The minimum absolute atomic E-state index is 0.312. The molecule has 0 saturated carbocycles. The second-order valence-corrected chi connectivity index (χ2v) is 4.62. The van der Waals surface area contributed by atoms with E-state index in [0.717, 1.165) is 5.56 Å². The van der Waals surface area contributed by atoms with E-state index in [4.69, 9.17) is 9.47 Å². The molecule has 2 aromatic carbocycles. The van der Waals surface area contributed by atoms with Crippen molar-refractivity contribution >= 4 is 5.69 Å². The van der Waals surface area contributed by atoms with Gasteiger partial charge in [0.1, 0.15) is 25.1 Å². The highest BCUT2D eigenvalue weighted by Gasteiger charge is 2.16. The van der Waals surface area contributed by atoms with Crippen molar-refractivity contribution in [2.75, 3.05) is 18.5 Å². The second-order valence-electron chi connectivity index (χ2n) is 4.62. The maximum Gasteiger partial charge on any atom is 0.161 e. The van der Waals surface area contributed by atoms with E-state index >= 15 is 0 Å². The molecule has 0 fully saturated rings. The zero-order valence-corrected chi connectivity index (χ0v) is 11.2. The minimum atomic E-state index is -0.550. The lowest BCUT2D eigenvalue weighted by atomic mass is 10.1. The van der Waals surface area contributed by atoms with E-state index in [2.05, 4.69) is 11.4 Å². The van der Waals surface area contributed by atoms with Crippen molar-refractivity contribution in [1.29, 1.82) is 5.26 Å². The molecule has 5 heteroatoms. The van der Waals surface area contributed by atoms with Gasteiger partial charge in [-0.1, -0.05) is 6.07 Å². The molecule has 1 N–H and O–H groups in total. The van der Waals surface area contributed by atoms with E-state index in [0.29, 0.717) is 30.4 Å². The molecule has 0 bridgehead atoms. The van der Waals surface area contributed by atoms with Crippen molar-refractivity contribution < 1.29 is 13.9 Å². The van der Waals surface area contributed by atoms with Crippen molar-refractivity contribution in [3.63, 3.8) is 0 Å². The van der Waals surface area contributed by atoms with Crippen LogP contribution in [0.25, 0.3) is 0 Å². The maximum atomic E-state index is 12.9. The molecule has 0 aliphatic carbocycles. The number of halogens is 1. The number of nitrogens with one attached hydrogen (secondary N) is 1. The Morgan fingerprint density at radius 2 is 1.76 bits per heavy atom. The fourth-order valence-electron chi connectivity index (χ4n) is 2.14. The normalized spacial score (nSPS) is 14.1. The fourth-order valence-corrected chi connectivity index (χ4v) is 2.14. The van der Waals surface area contributed by atoms with Crippen LogP contribution < -0.4 is 14.8 Å². The van der Waals surface area contributed by atoms with Crippen molar-refractivity contribution in [2.45, 2.75) is 6.04 Å². The molecule has 1 unspecified atom stereocenters. The van der Waals surface area contributed by atoms with E-state index in [9.17, 15) is 9.65 Å². The number of anilines is 1. The molecule has 0 aromatic heterocycles. The highest BCUT2D eigenvalue weighted by Crippen LogP contribution is 2.33. The molecule has 1 aliphatic heterocycles. The summed E-state index contributed by atoms with van der Waals surface area (Å²) in [5.74, 6) is 1.01. The molecule has 21 heavy (non-hydrogen) atoms. The summed E-state index contributed by atoms with van der Waals surface area (Å²) in [4.78, 5) is 0. The lowest BCUT2D eigenvalue weighted by Crippen LogP contribution is -2.16. The Morgan fingerprint density at radius 3 is 2.48 bits per heavy atom. The Morgan fingerprint density at radius 1 is 1.05 bits per heavy atom. The number of benzene rings is 2. The van der Waals surface area contributed by atoms with E-state index in [1.807, 2.05) is 6.07 Å². The lowest BCUT2D eigenvalue weighted by Gasteiger charge is -2.20. The first-order valence-corrected chi connectivity index (χ1v) is 6.57. The van der Waals surface area contributed by atoms with Crippen LogP contribution in [0.2, 0.25) is 0 Å². The van der Waals surface area contributed by atoms with Crippen molar-refractivity contribution in [1.82, 2.24) is 0 Å². The smallest absolute Gasteiger partial charge is 0.161 e. The number of fused-ring (bicyclic) bond motifs is 1. The third-order valence-corrected chi connectivity index (χ3v) is 3.18. The van der Waals surface area contributed by atoms with Gasteiger partial charge in [-0.05, 0) is 42.0 Å². The van der Waals surface area contributed by atoms with Crippen molar-refractivity contribution in [3.8, 4) is 17.6 Å². The van der Waals surface area contributed by atoms with Crippen LogP contribution in [0.4, 0.5) is 10.1 Å². The van der Waals surface area contributed by atoms with E-state index in [1.54, 1.807) is 24.3 Å². The molecule has 1 aliphatic rings. The van der Waals surface area contributed by atoms with Crippen LogP contribution in [0.3, 0.4) is 0 Å². The zero-order valence-electron chi connectivity index (χ0n) is 11.2. The molecule has 0 radical (unpaired) electrons. The first kappa shape index (κ1) is 13.3. The highest BCUT2D eigenvalue weighted by molar-refractivity contribution is 5.51. The van der Waals surface area contributed by atoms with Gasteiger partial charge in [0.15, 0.2) is 11.5 Å². The highest BCUT2D eigenvalue weighted by atomic mass is 19.1. The van der Waals surface area contributed by atoms with E-state index in [-0.39, 0.29) is 5.82 Å². The molecule has 0 saturated heterocycles. The summed E-state index contributed by atoms with van der Waals surface area (Å²) in [5.41, 5.74) is 1.45. The Balaban J connectivity index is 1.83. The molecular formula is C16H13FN2O2. The maximum absolute atomic E-state index is 12.9. The molecular weight excluding hydrogens is 271 g/mol. The lowest BCUT2D eigenvalue weighted by molar-refractivity contribution is 0.171. The number of hydrogen-bond acceptors (Lipinski definition) is 4. The zero-order chi connectivity index (χ0) is 14.7. The molecule has 4 nitrogen and oxygen atoms in total. The predicted octanol–water partition coefficient (Wildman–Crippen LogP) is 3.27. The number of nitriles is 1. The van der Waals surface area contributed by atoms with Gasteiger partial charge in [-0.2, -0.15) is 5.26 Å². The van der Waals surface area contributed by atoms with Crippen molar-refractivity contribution in [2.24, 2.45) is 0 Å². The van der Waals surface area contributed by atoms with Gasteiger partial charge in [0.2, 0.25) is 0 Å². The number of hydrogen-bond donors (Lipinski definition) is 1. The predicted molar refractivity (Wildman–Crippen MR) is 75.8 cm³/mol. The van der Waals surface area contributed by atoms with Crippen LogP contribution in [0.5, 0.6) is 11.5 Å². The average Bonchev–Trinajstić information content (AvgIpc) is 2.54. The first-order chi connectivity index (χ1) is 10.3. The Kier molecular flexibility index (Phi) is 3.61. The molecule has 1 heterocycles. The van der Waals surface area contributed by atoms with Gasteiger partial charge in [-0.15, -0.1) is 0 Å². The van der Waals surface area contributed by atoms with Crippen LogP contribution in [-0.4, -0.2) is 13.2 Å². The largest absolute Gasteiger partial charge is 0.486 e. The Hall–Kier alpha value is -2.74. The summed E-state index contributed by atoms with van der Waals surface area (Å²) < 4.78 is 23.9. The van der Waals surface area contributed by atoms with Gasteiger partial charge < -0.3 is 14.8 Å². The van der Waals surface area contributed by atoms with E-state index < -0.39 is 6.04 Å². The van der Waals surface area contributed by atoms with Crippen LogP contribution in [0.15, 0.2) is 42.5 Å². The third kappa shape index (κ3) is 2.90. The SMILES string of the molecule is N#CC(Nc1ccc(F)cc1)c1ccc2c(c1)OCCO2. The van der Waals surface area contributed by atoms with E-state index in [1.165, 1.54) is 12.1 Å². The Bertz CT molecular complexity index is 680. The number of nitrogens with zero attached hydrogens (tertiary/aromatic N) is 1. The van der Waals surface area contributed by atoms with Crippen LogP contribution in [0.1, 0.15) is 11.6 Å². The number of rotatable bonds is 3. The van der Waals surface area contributed by atoms with Crippen LogP contribution in [0, 0.1) is 17.1 Å². The fraction of sp³-hybridized carbons (Fsp3) is 0.188. The molecule has 0 spiro atoms. The van der Waals surface area contributed by atoms with Crippen LogP contribution in [-0.2, 0) is 0 Å². The quantitative estimate of drug-likeness (QED) is 0.939. The average molecular weight is 284 g/mol. The molecule has 0 amide bonds. The third-order valence-electron chi connectivity index (χ3n) is 3.18. The molecule has 3 rings (SSSR count). The summed E-state index contributed by atoms with van der Waals surface area (Å²) in [5, 5.41) is 12.4. The van der Waals surface area contributed by atoms with Gasteiger partial charge in [-0.25, -0.2) is 4.39 Å².